The predicted molar refractivity (Wildman–Crippen MR) is 81.6 cm³/mol. The summed E-state index contributed by atoms with van der Waals surface area (Å²) in [5.41, 5.74) is 2.97. The van der Waals surface area contributed by atoms with Crippen LogP contribution in [-0.2, 0) is 0 Å². The Morgan fingerprint density at radius 2 is 2.00 bits per heavy atom. The van der Waals surface area contributed by atoms with E-state index in [1.165, 1.54) is 0 Å². The fourth-order valence-electron chi connectivity index (χ4n) is 1.81. The highest BCUT2D eigenvalue weighted by Gasteiger charge is 2.05. The van der Waals surface area contributed by atoms with Crippen molar-refractivity contribution in [1.29, 1.82) is 0 Å². The minimum absolute atomic E-state index is 0.820. The molecule has 0 radical (unpaired) electrons. The quantitative estimate of drug-likeness (QED) is 0.787. The van der Waals surface area contributed by atoms with E-state index in [9.17, 15) is 0 Å². The molecule has 0 aliphatic carbocycles. The third-order valence-corrected chi connectivity index (χ3v) is 3.56. The summed E-state index contributed by atoms with van der Waals surface area (Å²) in [7, 11) is 1.66. The third-order valence-electron chi connectivity index (χ3n) is 2.80. The summed E-state index contributed by atoms with van der Waals surface area (Å²) in [6.45, 7) is 0. The summed E-state index contributed by atoms with van der Waals surface area (Å²) < 4.78 is 5.20. The predicted octanol–water partition coefficient (Wildman–Crippen LogP) is 3.96. The topological polar surface area (TPSA) is 47.0 Å². The molecule has 0 saturated heterocycles. The van der Waals surface area contributed by atoms with Gasteiger partial charge in [-0.15, -0.1) is 11.3 Å². The van der Waals surface area contributed by atoms with E-state index < -0.39 is 0 Å². The smallest absolute Gasteiger partial charge is 0.187 e. The summed E-state index contributed by atoms with van der Waals surface area (Å²) in [4.78, 5) is 8.58. The molecule has 2 aromatic heterocycles. The van der Waals surface area contributed by atoms with E-state index in [4.69, 9.17) is 4.74 Å². The Balaban J connectivity index is 1.80. The van der Waals surface area contributed by atoms with Crippen molar-refractivity contribution in [2.75, 3.05) is 12.4 Å². The molecule has 2 heterocycles. The Morgan fingerprint density at radius 3 is 2.80 bits per heavy atom. The molecule has 0 atom stereocenters. The molecule has 0 fully saturated rings. The van der Waals surface area contributed by atoms with Crippen molar-refractivity contribution in [3.63, 3.8) is 0 Å². The van der Waals surface area contributed by atoms with E-state index in [0.29, 0.717) is 0 Å². The molecule has 5 heteroatoms. The van der Waals surface area contributed by atoms with E-state index in [1.54, 1.807) is 30.8 Å². The van der Waals surface area contributed by atoms with E-state index in [0.717, 1.165) is 27.8 Å². The molecule has 1 N–H and O–H groups in total. The molecule has 3 rings (SSSR count). The number of hydrogen-bond acceptors (Lipinski definition) is 5. The first-order valence-corrected chi connectivity index (χ1v) is 7.00. The Kier molecular flexibility index (Phi) is 3.60. The van der Waals surface area contributed by atoms with Gasteiger partial charge in [-0.25, -0.2) is 4.98 Å². The zero-order valence-corrected chi connectivity index (χ0v) is 11.7. The maximum Gasteiger partial charge on any atom is 0.187 e. The van der Waals surface area contributed by atoms with Gasteiger partial charge in [0.1, 0.15) is 5.75 Å². The molecular formula is C15H13N3OS. The normalized spacial score (nSPS) is 10.2. The van der Waals surface area contributed by atoms with Gasteiger partial charge in [-0.2, -0.15) is 0 Å². The summed E-state index contributed by atoms with van der Waals surface area (Å²) in [5, 5.41) is 6.16. The summed E-state index contributed by atoms with van der Waals surface area (Å²) in [5.74, 6) is 0.820. The number of pyridine rings is 1. The fourth-order valence-corrected chi connectivity index (χ4v) is 2.55. The van der Waals surface area contributed by atoms with Crippen LogP contribution < -0.4 is 10.1 Å². The summed E-state index contributed by atoms with van der Waals surface area (Å²) in [6, 6.07) is 11.7. The Morgan fingerprint density at radius 1 is 1.15 bits per heavy atom. The fraction of sp³-hybridized carbons (Fsp3) is 0.0667. The number of anilines is 2. The first-order chi connectivity index (χ1) is 9.85. The van der Waals surface area contributed by atoms with Gasteiger partial charge in [-0.05, 0) is 24.3 Å². The van der Waals surface area contributed by atoms with Crippen LogP contribution >= 0.6 is 11.3 Å². The largest absolute Gasteiger partial charge is 0.497 e. The van der Waals surface area contributed by atoms with Gasteiger partial charge >= 0.3 is 0 Å². The van der Waals surface area contributed by atoms with Crippen LogP contribution in [0.4, 0.5) is 10.8 Å². The van der Waals surface area contributed by atoms with Gasteiger partial charge in [-0.1, -0.05) is 6.07 Å². The number of thiazole rings is 1. The molecule has 1 aromatic carbocycles. The monoisotopic (exact) mass is 283 g/mol. The molecule has 0 aliphatic rings. The van der Waals surface area contributed by atoms with Gasteiger partial charge in [0, 0.05) is 35.1 Å². The first-order valence-electron chi connectivity index (χ1n) is 6.12. The van der Waals surface area contributed by atoms with Crippen molar-refractivity contribution in [2.45, 2.75) is 0 Å². The summed E-state index contributed by atoms with van der Waals surface area (Å²) >= 11 is 1.57. The van der Waals surface area contributed by atoms with Crippen molar-refractivity contribution in [3.05, 3.63) is 54.2 Å². The lowest BCUT2D eigenvalue weighted by Crippen LogP contribution is -1.90. The van der Waals surface area contributed by atoms with Gasteiger partial charge in [0.05, 0.1) is 12.8 Å². The minimum Gasteiger partial charge on any atom is -0.497 e. The van der Waals surface area contributed by atoms with E-state index >= 15 is 0 Å². The Bertz CT molecular complexity index is 697. The lowest BCUT2D eigenvalue weighted by atomic mass is 10.2. The number of nitrogens with zero attached hydrogens (tertiary/aromatic N) is 2. The lowest BCUT2D eigenvalue weighted by molar-refractivity contribution is 0.415. The lowest BCUT2D eigenvalue weighted by Gasteiger charge is -2.04. The van der Waals surface area contributed by atoms with Gasteiger partial charge in [0.15, 0.2) is 5.13 Å². The number of benzene rings is 1. The second kappa shape index (κ2) is 5.71. The maximum absolute atomic E-state index is 5.20. The van der Waals surface area contributed by atoms with Crippen molar-refractivity contribution < 1.29 is 4.74 Å². The standard InChI is InChI=1S/C15H13N3OS/c1-19-13-4-2-3-12(9-13)17-15-18-14(10-20-15)11-5-7-16-8-6-11/h2-10H,1H3,(H,17,18). The van der Waals surface area contributed by atoms with Gasteiger partial charge in [-0.3, -0.25) is 4.98 Å². The zero-order valence-electron chi connectivity index (χ0n) is 10.9. The number of hydrogen-bond donors (Lipinski definition) is 1. The van der Waals surface area contributed by atoms with Crippen LogP contribution in [0, 0.1) is 0 Å². The zero-order chi connectivity index (χ0) is 13.8. The highest BCUT2D eigenvalue weighted by Crippen LogP contribution is 2.27. The van der Waals surface area contributed by atoms with Gasteiger partial charge in [0.2, 0.25) is 0 Å². The van der Waals surface area contributed by atoms with Crippen LogP contribution in [0.25, 0.3) is 11.3 Å². The molecule has 0 spiro atoms. The molecule has 0 aliphatic heterocycles. The second-order valence-electron chi connectivity index (χ2n) is 4.13. The van der Waals surface area contributed by atoms with Crippen LogP contribution in [0.15, 0.2) is 54.2 Å². The Hall–Kier alpha value is -2.40. The van der Waals surface area contributed by atoms with Crippen LogP contribution in [-0.4, -0.2) is 17.1 Å². The Labute approximate surface area is 121 Å². The van der Waals surface area contributed by atoms with Crippen LogP contribution in [0.3, 0.4) is 0 Å². The second-order valence-corrected chi connectivity index (χ2v) is 4.99. The molecule has 100 valence electrons. The number of rotatable bonds is 4. The van der Waals surface area contributed by atoms with E-state index in [-0.39, 0.29) is 0 Å². The number of nitrogens with one attached hydrogen (secondary N) is 1. The molecule has 3 aromatic rings. The maximum atomic E-state index is 5.20. The number of aromatic nitrogens is 2. The molecule has 0 saturated carbocycles. The minimum atomic E-state index is 0.820. The van der Waals surface area contributed by atoms with Crippen LogP contribution in [0.1, 0.15) is 0 Å². The molecule has 4 nitrogen and oxygen atoms in total. The van der Waals surface area contributed by atoms with E-state index in [2.05, 4.69) is 15.3 Å². The first kappa shape index (κ1) is 12.6. The van der Waals surface area contributed by atoms with Crippen molar-refractivity contribution in [3.8, 4) is 17.0 Å². The highest BCUT2D eigenvalue weighted by molar-refractivity contribution is 7.14. The SMILES string of the molecule is COc1cccc(Nc2nc(-c3ccncc3)cs2)c1. The van der Waals surface area contributed by atoms with Gasteiger partial charge < -0.3 is 10.1 Å². The number of methoxy groups -OCH3 is 1. The van der Waals surface area contributed by atoms with Gasteiger partial charge in [0.25, 0.3) is 0 Å². The average Bonchev–Trinajstić information content (AvgIpc) is 2.97. The molecule has 0 amide bonds. The van der Waals surface area contributed by atoms with Crippen LogP contribution in [0.5, 0.6) is 5.75 Å². The number of ether oxygens (including phenoxy) is 1. The van der Waals surface area contributed by atoms with Crippen molar-refractivity contribution in [1.82, 2.24) is 9.97 Å². The van der Waals surface area contributed by atoms with Crippen LogP contribution in [0.2, 0.25) is 0 Å². The average molecular weight is 283 g/mol. The van der Waals surface area contributed by atoms with Crippen molar-refractivity contribution in [2.24, 2.45) is 0 Å². The summed E-state index contributed by atoms with van der Waals surface area (Å²) in [6.07, 6.45) is 3.54. The molecule has 0 bridgehead atoms. The highest BCUT2D eigenvalue weighted by atomic mass is 32.1. The van der Waals surface area contributed by atoms with Crippen molar-refractivity contribution >= 4 is 22.2 Å². The third kappa shape index (κ3) is 2.78. The molecule has 20 heavy (non-hydrogen) atoms. The van der Waals surface area contributed by atoms with E-state index in [1.807, 2.05) is 41.8 Å². The molecular weight excluding hydrogens is 270 g/mol. The molecule has 0 unspecified atom stereocenters.